The molecule has 1 aromatic rings. The molecule has 1 aromatic heterocycles. The summed E-state index contributed by atoms with van der Waals surface area (Å²) in [5.74, 6) is 0. The van der Waals surface area contributed by atoms with Crippen LogP contribution >= 0.6 is 15.9 Å². The Balaban J connectivity index is 2.92. The Morgan fingerprint density at radius 3 is 2.41 bits per heavy atom. The molecule has 0 amide bonds. The molecule has 17 heavy (non-hydrogen) atoms. The van der Waals surface area contributed by atoms with Crippen LogP contribution in [-0.2, 0) is 19.9 Å². The second-order valence-corrected chi connectivity index (χ2v) is 6.13. The Morgan fingerprint density at radius 1 is 1.41 bits per heavy atom. The minimum Gasteiger partial charge on any atom is -0.327 e. The van der Waals surface area contributed by atoms with Gasteiger partial charge in [-0.05, 0) is 34.2 Å². The zero-order valence-corrected chi connectivity index (χ0v) is 13.1. The molecule has 0 saturated carbocycles. The molecule has 2 N–H and O–H groups in total. The standard InChI is InChI=1S/C13H24BrN3/c1-6-9-12(14)10(17(5)16-9)8-11(15)13(3,4)7-2/h11H,6-8,15H2,1-5H3. The Morgan fingerprint density at radius 2 is 2.00 bits per heavy atom. The Hall–Kier alpha value is -0.350. The maximum absolute atomic E-state index is 6.32. The fourth-order valence-corrected chi connectivity index (χ4v) is 2.57. The maximum Gasteiger partial charge on any atom is 0.0766 e. The van der Waals surface area contributed by atoms with Gasteiger partial charge in [-0.3, -0.25) is 4.68 Å². The van der Waals surface area contributed by atoms with Crippen LogP contribution in [0.5, 0.6) is 0 Å². The minimum atomic E-state index is 0.156. The van der Waals surface area contributed by atoms with E-state index in [-0.39, 0.29) is 11.5 Å². The average Bonchev–Trinajstić information content (AvgIpc) is 2.56. The van der Waals surface area contributed by atoms with Crippen molar-refractivity contribution in [3.8, 4) is 0 Å². The van der Waals surface area contributed by atoms with Crippen molar-refractivity contribution < 1.29 is 0 Å². The molecule has 1 heterocycles. The van der Waals surface area contributed by atoms with Crippen LogP contribution in [0.15, 0.2) is 4.47 Å². The SMILES string of the molecule is CCc1nn(C)c(CC(N)C(C)(C)CC)c1Br. The molecule has 0 aliphatic heterocycles. The van der Waals surface area contributed by atoms with Gasteiger partial charge in [-0.1, -0.05) is 27.7 Å². The summed E-state index contributed by atoms with van der Waals surface area (Å²) in [5.41, 5.74) is 8.80. The lowest BCUT2D eigenvalue weighted by atomic mass is 9.80. The minimum absolute atomic E-state index is 0.156. The first-order chi connectivity index (χ1) is 7.83. The third-order valence-electron chi connectivity index (χ3n) is 3.83. The van der Waals surface area contributed by atoms with Gasteiger partial charge in [-0.25, -0.2) is 0 Å². The first-order valence-electron chi connectivity index (χ1n) is 6.29. The predicted octanol–water partition coefficient (Wildman–Crippen LogP) is 3.05. The summed E-state index contributed by atoms with van der Waals surface area (Å²) in [6, 6.07) is 0.156. The van der Waals surface area contributed by atoms with Crippen LogP contribution in [0.3, 0.4) is 0 Å². The molecule has 0 aromatic carbocycles. The highest BCUT2D eigenvalue weighted by Crippen LogP contribution is 2.29. The van der Waals surface area contributed by atoms with Crippen molar-refractivity contribution in [3.05, 3.63) is 15.9 Å². The fourth-order valence-electron chi connectivity index (χ4n) is 1.79. The average molecular weight is 302 g/mol. The monoisotopic (exact) mass is 301 g/mol. The summed E-state index contributed by atoms with van der Waals surface area (Å²) in [6.45, 7) is 8.76. The Kier molecular flexibility index (Phi) is 4.78. The summed E-state index contributed by atoms with van der Waals surface area (Å²) in [4.78, 5) is 0. The van der Waals surface area contributed by atoms with Crippen LogP contribution in [0, 0.1) is 5.41 Å². The van der Waals surface area contributed by atoms with E-state index in [0.717, 1.165) is 29.4 Å². The number of hydrogen-bond acceptors (Lipinski definition) is 2. The zero-order valence-electron chi connectivity index (χ0n) is 11.5. The molecule has 1 rings (SSSR count). The molecule has 4 heteroatoms. The first kappa shape index (κ1) is 14.7. The van der Waals surface area contributed by atoms with E-state index in [0.29, 0.717) is 0 Å². The Bertz CT molecular complexity index is 382. The third-order valence-corrected chi connectivity index (χ3v) is 4.75. The van der Waals surface area contributed by atoms with Gasteiger partial charge in [0.1, 0.15) is 0 Å². The largest absolute Gasteiger partial charge is 0.327 e. The molecular formula is C13H24BrN3. The topological polar surface area (TPSA) is 43.8 Å². The van der Waals surface area contributed by atoms with Gasteiger partial charge in [0.15, 0.2) is 0 Å². The molecule has 0 radical (unpaired) electrons. The van der Waals surface area contributed by atoms with Gasteiger partial charge in [0.2, 0.25) is 0 Å². The molecule has 1 atom stereocenters. The fraction of sp³-hybridized carbons (Fsp3) is 0.769. The molecule has 98 valence electrons. The number of nitrogens with zero attached hydrogens (tertiary/aromatic N) is 2. The van der Waals surface area contributed by atoms with Crippen molar-refractivity contribution >= 4 is 15.9 Å². The van der Waals surface area contributed by atoms with Crippen molar-refractivity contribution in [3.63, 3.8) is 0 Å². The summed E-state index contributed by atoms with van der Waals surface area (Å²) in [6.07, 6.45) is 2.90. The highest BCUT2D eigenvalue weighted by Gasteiger charge is 2.26. The number of nitrogens with two attached hydrogens (primary N) is 1. The van der Waals surface area contributed by atoms with Crippen molar-refractivity contribution in [2.75, 3.05) is 0 Å². The van der Waals surface area contributed by atoms with Gasteiger partial charge in [-0.15, -0.1) is 0 Å². The van der Waals surface area contributed by atoms with Gasteiger partial charge in [0, 0.05) is 19.5 Å². The van der Waals surface area contributed by atoms with Gasteiger partial charge < -0.3 is 5.73 Å². The summed E-state index contributed by atoms with van der Waals surface area (Å²) in [7, 11) is 1.99. The lowest BCUT2D eigenvalue weighted by Crippen LogP contribution is -2.39. The second kappa shape index (κ2) is 5.53. The molecular weight excluding hydrogens is 278 g/mol. The van der Waals surface area contributed by atoms with Crippen LogP contribution in [0.4, 0.5) is 0 Å². The first-order valence-corrected chi connectivity index (χ1v) is 7.08. The lowest BCUT2D eigenvalue weighted by Gasteiger charge is -2.30. The molecule has 0 aliphatic carbocycles. The van der Waals surface area contributed by atoms with Crippen molar-refractivity contribution in [2.45, 2.75) is 53.0 Å². The van der Waals surface area contributed by atoms with Crippen LogP contribution in [0.25, 0.3) is 0 Å². The van der Waals surface area contributed by atoms with Crippen molar-refractivity contribution in [1.82, 2.24) is 9.78 Å². The lowest BCUT2D eigenvalue weighted by molar-refractivity contribution is 0.269. The summed E-state index contributed by atoms with van der Waals surface area (Å²) >= 11 is 3.64. The maximum atomic E-state index is 6.32. The molecule has 0 aliphatic rings. The van der Waals surface area contributed by atoms with Crippen LogP contribution in [0.1, 0.15) is 45.5 Å². The zero-order chi connectivity index (χ0) is 13.2. The molecule has 3 nitrogen and oxygen atoms in total. The van der Waals surface area contributed by atoms with Crippen LogP contribution in [0.2, 0.25) is 0 Å². The van der Waals surface area contributed by atoms with Gasteiger partial charge >= 0.3 is 0 Å². The predicted molar refractivity (Wildman–Crippen MR) is 76.0 cm³/mol. The van der Waals surface area contributed by atoms with E-state index < -0.39 is 0 Å². The normalized spacial score (nSPS) is 14.1. The van der Waals surface area contributed by atoms with Gasteiger partial charge in [-0.2, -0.15) is 5.10 Å². The van der Waals surface area contributed by atoms with Crippen LogP contribution < -0.4 is 5.73 Å². The number of aryl methyl sites for hydroxylation is 2. The number of halogens is 1. The van der Waals surface area contributed by atoms with Crippen LogP contribution in [-0.4, -0.2) is 15.8 Å². The highest BCUT2D eigenvalue weighted by atomic mass is 79.9. The summed E-state index contributed by atoms with van der Waals surface area (Å²) < 4.78 is 3.08. The number of hydrogen-bond donors (Lipinski definition) is 1. The molecule has 0 fully saturated rings. The molecule has 0 saturated heterocycles. The van der Waals surface area contributed by atoms with E-state index >= 15 is 0 Å². The highest BCUT2D eigenvalue weighted by molar-refractivity contribution is 9.10. The van der Waals surface area contributed by atoms with E-state index in [9.17, 15) is 0 Å². The van der Waals surface area contributed by atoms with Crippen molar-refractivity contribution in [2.24, 2.45) is 18.2 Å². The third kappa shape index (κ3) is 3.10. The van der Waals surface area contributed by atoms with Gasteiger partial charge in [0.05, 0.1) is 15.9 Å². The Labute approximate surface area is 113 Å². The van der Waals surface area contributed by atoms with Crippen molar-refractivity contribution in [1.29, 1.82) is 0 Å². The van der Waals surface area contributed by atoms with Gasteiger partial charge in [0.25, 0.3) is 0 Å². The molecule has 0 spiro atoms. The number of rotatable bonds is 5. The van der Waals surface area contributed by atoms with E-state index in [4.69, 9.17) is 5.73 Å². The quantitative estimate of drug-likeness (QED) is 0.908. The van der Waals surface area contributed by atoms with E-state index in [1.165, 1.54) is 5.69 Å². The second-order valence-electron chi connectivity index (χ2n) is 5.34. The van der Waals surface area contributed by atoms with E-state index in [1.807, 2.05) is 11.7 Å². The molecule has 1 unspecified atom stereocenters. The number of aromatic nitrogens is 2. The van der Waals surface area contributed by atoms with E-state index in [2.05, 4.69) is 48.7 Å². The summed E-state index contributed by atoms with van der Waals surface area (Å²) in [5, 5.41) is 4.50. The van der Waals surface area contributed by atoms with E-state index in [1.54, 1.807) is 0 Å². The molecule has 0 bridgehead atoms. The smallest absolute Gasteiger partial charge is 0.0766 e.